The van der Waals surface area contributed by atoms with Gasteiger partial charge in [0.25, 0.3) is 0 Å². The zero-order chi connectivity index (χ0) is 18.6. The standard InChI is InChI=1S/C19H31N3O3S/c20-17(24)15-12-26-13-16(23)22(15)19(10-6-1-2-7-11-19)18(25)21-14-8-4-3-5-9-14/h14-15H,1-13H2,(H2,20,24)(H,21,25). The van der Waals surface area contributed by atoms with Gasteiger partial charge in [-0.05, 0) is 25.7 Å². The number of hydrogen-bond donors (Lipinski definition) is 2. The Balaban J connectivity index is 1.90. The number of primary amides is 1. The Morgan fingerprint density at radius 2 is 1.65 bits per heavy atom. The summed E-state index contributed by atoms with van der Waals surface area (Å²) in [6.45, 7) is 0. The minimum Gasteiger partial charge on any atom is -0.368 e. The Morgan fingerprint density at radius 3 is 2.27 bits per heavy atom. The van der Waals surface area contributed by atoms with Crippen LogP contribution in [0.15, 0.2) is 0 Å². The highest BCUT2D eigenvalue weighted by Gasteiger charge is 2.51. The Labute approximate surface area is 160 Å². The van der Waals surface area contributed by atoms with Crippen LogP contribution in [0.1, 0.15) is 70.6 Å². The van der Waals surface area contributed by atoms with Crippen LogP contribution in [0.5, 0.6) is 0 Å². The molecule has 0 aromatic carbocycles. The summed E-state index contributed by atoms with van der Waals surface area (Å²) in [5.74, 6) is 0.130. The summed E-state index contributed by atoms with van der Waals surface area (Å²) in [5, 5.41) is 3.24. The van der Waals surface area contributed by atoms with Gasteiger partial charge in [-0.15, -0.1) is 11.8 Å². The van der Waals surface area contributed by atoms with Crippen molar-refractivity contribution < 1.29 is 14.4 Å². The predicted octanol–water partition coefficient (Wildman–Crippen LogP) is 1.96. The van der Waals surface area contributed by atoms with E-state index in [1.165, 1.54) is 18.2 Å². The second-order valence-corrected chi connectivity index (χ2v) is 8.98. The van der Waals surface area contributed by atoms with Gasteiger partial charge in [0, 0.05) is 11.8 Å². The van der Waals surface area contributed by atoms with E-state index in [0.29, 0.717) is 24.3 Å². The Hall–Kier alpha value is -1.24. The van der Waals surface area contributed by atoms with Crippen LogP contribution in [0.2, 0.25) is 0 Å². The lowest BCUT2D eigenvalue weighted by atomic mass is 9.84. The van der Waals surface area contributed by atoms with Crippen molar-refractivity contribution in [3.63, 3.8) is 0 Å². The first-order valence-electron chi connectivity index (χ1n) is 10.0. The van der Waals surface area contributed by atoms with Gasteiger partial charge in [-0.1, -0.05) is 44.9 Å². The zero-order valence-corrected chi connectivity index (χ0v) is 16.3. The number of hydrogen-bond acceptors (Lipinski definition) is 4. The molecule has 146 valence electrons. The maximum atomic E-state index is 13.5. The average Bonchev–Trinajstić information content (AvgIpc) is 2.89. The second-order valence-electron chi connectivity index (χ2n) is 7.95. The average molecular weight is 382 g/mol. The van der Waals surface area contributed by atoms with E-state index in [9.17, 15) is 14.4 Å². The Bertz CT molecular complexity index is 540. The molecule has 3 N–H and O–H groups in total. The predicted molar refractivity (Wildman–Crippen MR) is 103 cm³/mol. The first-order valence-corrected chi connectivity index (χ1v) is 11.2. The molecule has 7 heteroatoms. The number of nitrogens with one attached hydrogen (secondary N) is 1. The molecule has 3 aliphatic rings. The molecule has 6 nitrogen and oxygen atoms in total. The first kappa shape index (κ1) is 19.5. The summed E-state index contributed by atoms with van der Waals surface area (Å²) < 4.78 is 0. The number of nitrogens with two attached hydrogens (primary N) is 1. The third-order valence-corrected chi connectivity index (χ3v) is 7.17. The molecule has 2 aliphatic carbocycles. The molecule has 1 atom stereocenters. The van der Waals surface area contributed by atoms with Gasteiger partial charge in [0.1, 0.15) is 11.6 Å². The highest BCUT2D eigenvalue weighted by molar-refractivity contribution is 8.00. The molecule has 1 unspecified atom stereocenters. The van der Waals surface area contributed by atoms with E-state index in [1.54, 1.807) is 4.90 Å². The SMILES string of the molecule is NC(=O)C1CSCC(=O)N1C1(C(=O)NC2CCCCC2)CCCCCC1. The maximum absolute atomic E-state index is 13.5. The minimum atomic E-state index is -0.911. The quantitative estimate of drug-likeness (QED) is 0.728. The van der Waals surface area contributed by atoms with Gasteiger partial charge in [-0.3, -0.25) is 14.4 Å². The molecule has 0 bridgehead atoms. The van der Waals surface area contributed by atoms with E-state index < -0.39 is 17.5 Å². The van der Waals surface area contributed by atoms with Crippen molar-refractivity contribution in [1.29, 1.82) is 0 Å². The fourth-order valence-corrected chi connectivity index (χ4v) is 5.75. The molecule has 1 saturated heterocycles. The van der Waals surface area contributed by atoms with E-state index in [0.717, 1.165) is 51.4 Å². The highest BCUT2D eigenvalue weighted by Crippen LogP contribution is 2.37. The molecule has 1 heterocycles. The van der Waals surface area contributed by atoms with Gasteiger partial charge in [0.2, 0.25) is 17.7 Å². The van der Waals surface area contributed by atoms with E-state index in [-0.39, 0.29) is 17.9 Å². The monoisotopic (exact) mass is 381 g/mol. The van der Waals surface area contributed by atoms with Gasteiger partial charge in [-0.2, -0.15) is 0 Å². The van der Waals surface area contributed by atoms with Crippen LogP contribution in [-0.2, 0) is 14.4 Å². The smallest absolute Gasteiger partial charge is 0.246 e. The Morgan fingerprint density at radius 1 is 1.04 bits per heavy atom. The van der Waals surface area contributed by atoms with Crippen LogP contribution < -0.4 is 11.1 Å². The van der Waals surface area contributed by atoms with Gasteiger partial charge in [0.05, 0.1) is 5.75 Å². The molecule has 2 saturated carbocycles. The van der Waals surface area contributed by atoms with Crippen molar-refractivity contribution in [3.05, 3.63) is 0 Å². The normalized spacial score (nSPS) is 27.6. The molecule has 26 heavy (non-hydrogen) atoms. The van der Waals surface area contributed by atoms with Crippen LogP contribution in [-0.4, -0.2) is 51.7 Å². The van der Waals surface area contributed by atoms with Crippen LogP contribution >= 0.6 is 11.8 Å². The molecular weight excluding hydrogens is 350 g/mol. The van der Waals surface area contributed by atoms with Crippen molar-refractivity contribution in [2.24, 2.45) is 5.73 Å². The number of carbonyl (C=O) groups excluding carboxylic acids is 3. The van der Waals surface area contributed by atoms with Gasteiger partial charge >= 0.3 is 0 Å². The van der Waals surface area contributed by atoms with E-state index in [2.05, 4.69) is 5.32 Å². The summed E-state index contributed by atoms with van der Waals surface area (Å²) in [7, 11) is 0. The van der Waals surface area contributed by atoms with Gasteiger partial charge < -0.3 is 16.0 Å². The van der Waals surface area contributed by atoms with Crippen molar-refractivity contribution in [2.45, 2.75) is 88.3 Å². The summed E-state index contributed by atoms with van der Waals surface area (Å²) in [6.07, 6.45) is 10.7. The maximum Gasteiger partial charge on any atom is 0.246 e. The number of carbonyl (C=O) groups is 3. The molecule has 0 aromatic heterocycles. The Kier molecular flexibility index (Phi) is 6.48. The third-order valence-electron chi connectivity index (χ3n) is 6.16. The van der Waals surface area contributed by atoms with Gasteiger partial charge in [0.15, 0.2) is 0 Å². The molecular formula is C19H31N3O3S. The zero-order valence-electron chi connectivity index (χ0n) is 15.5. The topological polar surface area (TPSA) is 92.5 Å². The third kappa shape index (κ3) is 4.02. The fourth-order valence-electron chi connectivity index (χ4n) is 4.78. The molecule has 0 radical (unpaired) electrons. The van der Waals surface area contributed by atoms with E-state index in [4.69, 9.17) is 5.73 Å². The van der Waals surface area contributed by atoms with Crippen LogP contribution in [0.25, 0.3) is 0 Å². The van der Waals surface area contributed by atoms with Crippen molar-refractivity contribution >= 4 is 29.5 Å². The second kappa shape index (κ2) is 8.63. The molecule has 1 aliphatic heterocycles. The number of nitrogens with zero attached hydrogens (tertiary/aromatic N) is 1. The molecule has 3 amide bonds. The number of thioether (sulfide) groups is 1. The first-order chi connectivity index (χ1) is 12.5. The summed E-state index contributed by atoms with van der Waals surface area (Å²) >= 11 is 1.43. The van der Waals surface area contributed by atoms with Crippen LogP contribution in [0.3, 0.4) is 0 Å². The molecule has 0 aromatic rings. The minimum absolute atomic E-state index is 0.0576. The van der Waals surface area contributed by atoms with Crippen molar-refractivity contribution in [1.82, 2.24) is 10.2 Å². The highest BCUT2D eigenvalue weighted by atomic mass is 32.2. The molecule has 0 spiro atoms. The van der Waals surface area contributed by atoms with Crippen LogP contribution in [0, 0.1) is 0 Å². The van der Waals surface area contributed by atoms with E-state index >= 15 is 0 Å². The lowest BCUT2D eigenvalue weighted by Crippen LogP contribution is -2.68. The van der Waals surface area contributed by atoms with Crippen molar-refractivity contribution in [2.75, 3.05) is 11.5 Å². The number of rotatable bonds is 4. The van der Waals surface area contributed by atoms with Gasteiger partial charge in [-0.25, -0.2) is 0 Å². The molecule has 3 fully saturated rings. The number of amides is 3. The lowest BCUT2D eigenvalue weighted by molar-refractivity contribution is -0.154. The summed E-state index contributed by atoms with van der Waals surface area (Å²) in [6, 6.07) is -0.492. The van der Waals surface area contributed by atoms with Crippen molar-refractivity contribution in [3.8, 4) is 0 Å². The van der Waals surface area contributed by atoms with E-state index in [1.807, 2.05) is 0 Å². The fraction of sp³-hybridized carbons (Fsp3) is 0.842. The largest absolute Gasteiger partial charge is 0.368 e. The summed E-state index contributed by atoms with van der Waals surface area (Å²) in [5.41, 5.74) is 4.72. The molecule has 3 rings (SSSR count). The van der Waals surface area contributed by atoms with Crippen LogP contribution in [0.4, 0.5) is 0 Å². The summed E-state index contributed by atoms with van der Waals surface area (Å²) in [4.78, 5) is 40.0. The lowest BCUT2D eigenvalue weighted by Gasteiger charge is -2.48.